The Bertz CT molecular complexity index is 1330. The molecule has 1 N–H and O–H groups in total. The number of rotatable bonds is 7. The molecule has 3 aromatic carbocycles. The van der Waals surface area contributed by atoms with E-state index < -0.39 is 12.0 Å². The molecule has 4 aromatic rings. The number of fused-ring (bicyclic) bond motifs is 1. The smallest absolute Gasteiger partial charge is 0.265 e. The van der Waals surface area contributed by atoms with Gasteiger partial charge in [-0.25, -0.2) is 0 Å². The number of furan rings is 1. The van der Waals surface area contributed by atoms with Crippen LogP contribution in [0, 0.1) is 0 Å². The molecule has 168 valence electrons. The quantitative estimate of drug-likeness (QED) is 0.308. The van der Waals surface area contributed by atoms with Gasteiger partial charge in [-0.05, 0) is 61.5 Å². The van der Waals surface area contributed by atoms with Gasteiger partial charge in [0.25, 0.3) is 5.91 Å². The average Bonchev–Trinajstić information content (AvgIpc) is 3.18. The second-order valence-electron chi connectivity index (χ2n) is 7.18. The fraction of sp³-hybridized carbons (Fsp3) is 0.120. The van der Waals surface area contributed by atoms with Gasteiger partial charge in [-0.2, -0.15) is 0 Å². The first kappa shape index (κ1) is 22.7. The predicted molar refractivity (Wildman–Crippen MR) is 128 cm³/mol. The number of halogens is 2. The van der Waals surface area contributed by atoms with Crippen molar-refractivity contribution in [1.82, 2.24) is 0 Å². The number of nitrogens with one attached hydrogen (secondary N) is 1. The van der Waals surface area contributed by atoms with Crippen LogP contribution in [0.25, 0.3) is 11.0 Å². The number of amides is 1. The van der Waals surface area contributed by atoms with Crippen LogP contribution < -0.4 is 14.8 Å². The highest BCUT2D eigenvalue weighted by atomic mass is 35.5. The lowest BCUT2D eigenvalue weighted by Crippen LogP contribution is -2.30. The summed E-state index contributed by atoms with van der Waals surface area (Å²) in [5, 5.41) is 4.12. The van der Waals surface area contributed by atoms with Gasteiger partial charge in [-0.15, -0.1) is 0 Å². The van der Waals surface area contributed by atoms with E-state index in [2.05, 4.69) is 5.32 Å². The number of benzene rings is 3. The number of ether oxygens (including phenoxy) is 2. The Morgan fingerprint density at radius 2 is 1.73 bits per heavy atom. The molecule has 1 atom stereocenters. The van der Waals surface area contributed by atoms with Gasteiger partial charge in [-0.3, -0.25) is 9.59 Å². The van der Waals surface area contributed by atoms with Crippen molar-refractivity contribution in [3.05, 3.63) is 88.1 Å². The molecule has 0 saturated heterocycles. The Balaban J connectivity index is 1.63. The van der Waals surface area contributed by atoms with E-state index in [0.29, 0.717) is 33.1 Å². The highest BCUT2D eigenvalue weighted by Crippen LogP contribution is 2.33. The zero-order chi connectivity index (χ0) is 23.5. The van der Waals surface area contributed by atoms with Crippen LogP contribution in [0.5, 0.6) is 11.5 Å². The van der Waals surface area contributed by atoms with E-state index in [9.17, 15) is 9.59 Å². The van der Waals surface area contributed by atoms with E-state index in [0.717, 1.165) is 0 Å². The molecule has 0 aliphatic heterocycles. The van der Waals surface area contributed by atoms with Crippen LogP contribution >= 0.6 is 23.2 Å². The Morgan fingerprint density at radius 3 is 2.42 bits per heavy atom. The molecule has 0 aliphatic rings. The maximum atomic E-state index is 13.2. The van der Waals surface area contributed by atoms with Crippen molar-refractivity contribution in [3.8, 4) is 11.5 Å². The second-order valence-corrected chi connectivity index (χ2v) is 8.03. The Morgan fingerprint density at radius 1 is 1.00 bits per heavy atom. The summed E-state index contributed by atoms with van der Waals surface area (Å²) in [5.74, 6) is 0.105. The number of carbonyl (C=O) groups is 2. The van der Waals surface area contributed by atoms with Crippen molar-refractivity contribution in [3.63, 3.8) is 0 Å². The molecule has 0 spiro atoms. The minimum Gasteiger partial charge on any atom is -0.497 e. The van der Waals surface area contributed by atoms with Crippen LogP contribution in [0.15, 0.2) is 71.1 Å². The largest absolute Gasteiger partial charge is 0.497 e. The first-order chi connectivity index (χ1) is 15.9. The predicted octanol–water partition coefficient (Wildman–Crippen LogP) is 6.39. The summed E-state index contributed by atoms with van der Waals surface area (Å²) in [6.45, 7) is 1.58. The number of anilines is 1. The van der Waals surface area contributed by atoms with Gasteiger partial charge in [0.1, 0.15) is 17.1 Å². The van der Waals surface area contributed by atoms with Crippen LogP contribution in [0.2, 0.25) is 10.0 Å². The molecule has 6 nitrogen and oxygen atoms in total. The topological polar surface area (TPSA) is 77.8 Å². The molecule has 0 saturated carbocycles. The van der Waals surface area contributed by atoms with Crippen molar-refractivity contribution < 1.29 is 23.5 Å². The molecular formula is C25H19Cl2NO5. The molecule has 0 radical (unpaired) electrons. The van der Waals surface area contributed by atoms with Crippen molar-refractivity contribution >= 4 is 51.5 Å². The third kappa shape index (κ3) is 4.82. The fourth-order valence-electron chi connectivity index (χ4n) is 3.24. The SMILES string of the molecule is COc1ccc(C(=O)c2oc3ccccc3c2NC(=O)C(C)Oc2ccc(Cl)cc2Cl)cc1. The average molecular weight is 484 g/mol. The van der Waals surface area contributed by atoms with Gasteiger partial charge in [0.15, 0.2) is 11.9 Å². The first-order valence-electron chi connectivity index (χ1n) is 10.00. The number of carbonyl (C=O) groups excluding carboxylic acids is 2. The van der Waals surface area contributed by atoms with Crippen molar-refractivity contribution in [2.75, 3.05) is 12.4 Å². The van der Waals surface area contributed by atoms with E-state index in [-0.39, 0.29) is 22.3 Å². The van der Waals surface area contributed by atoms with E-state index in [1.807, 2.05) is 0 Å². The van der Waals surface area contributed by atoms with E-state index in [4.69, 9.17) is 37.1 Å². The molecule has 1 amide bonds. The van der Waals surface area contributed by atoms with Gasteiger partial charge in [0.2, 0.25) is 5.78 Å². The van der Waals surface area contributed by atoms with E-state index in [1.54, 1.807) is 74.7 Å². The maximum absolute atomic E-state index is 13.2. The maximum Gasteiger partial charge on any atom is 0.265 e. The van der Waals surface area contributed by atoms with Gasteiger partial charge >= 0.3 is 0 Å². The number of ketones is 1. The van der Waals surface area contributed by atoms with Crippen LogP contribution in [0.3, 0.4) is 0 Å². The summed E-state index contributed by atoms with van der Waals surface area (Å²) in [7, 11) is 1.55. The van der Waals surface area contributed by atoms with Gasteiger partial charge in [0.05, 0.1) is 17.8 Å². The lowest BCUT2D eigenvalue weighted by Gasteiger charge is -2.16. The molecule has 0 bridgehead atoms. The highest BCUT2D eigenvalue weighted by Gasteiger charge is 2.26. The lowest BCUT2D eigenvalue weighted by molar-refractivity contribution is -0.122. The third-order valence-electron chi connectivity index (χ3n) is 4.97. The zero-order valence-corrected chi connectivity index (χ0v) is 19.2. The Hall–Kier alpha value is -3.48. The molecule has 0 aliphatic carbocycles. The van der Waals surface area contributed by atoms with Gasteiger partial charge in [0, 0.05) is 16.0 Å². The minimum atomic E-state index is -0.915. The van der Waals surface area contributed by atoms with Crippen molar-refractivity contribution in [1.29, 1.82) is 0 Å². The monoisotopic (exact) mass is 483 g/mol. The minimum absolute atomic E-state index is 0.0199. The van der Waals surface area contributed by atoms with Crippen molar-refractivity contribution in [2.45, 2.75) is 13.0 Å². The second kappa shape index (κ2) is 9.57. The zero-order valence-electron chi connectivity index (χ0n) is 17.7. The summed E-state index contributed by atoms with van der Waals surface area (Å²) >= 11 is 12.1. The Kier molecular flexibility index (Phi) is 6.58. The standard InChI is InChI=1S/C25H19Cl2NO5/c1-14(32-21-12-9-16(26)13-19(21)27)25(30)28-22-18-5-3-4-6-20(18)33-24(22)23(29)15-7-10-17(31-2)11-8-15/h3-14H,1-2H3,(H,28,30). The summed E-state index contributed by atoms with van der Waals surface area (Å²) in [5.41, 5.74) is 1.13. The van der Waals surface area contributed by atoms with Gasteiger partial charge in [-0.1, -0.05) is 35.3 Å². The number of methoxy groups -OCH3 is 1. The summed E-state index contributed by atoms with van der Waals surface area (Å²) in [4.78, 5) is 26.2. The summed E-state index contributed by atoms with van der Waals surface area (Å²) < 4.78 is 16.7. The normalized spacial score (nSPS) is 11.8. The van der Waals surface area contributed by atoms with Crippen LogP contribution in [-0.4, -0.2) is 24.9 Å². The molecular weight excluding hydrogens is 465 g/mol. The number of para-hydroxylation sites is 1. The van der Waals surface area contributed by atoms with Crippen LogP contribution in [0.1, 0.15) is 23.0 Å². The first-order valence-corrected chi connectivity index (χ1v) is 10.8. The van der Waals surface area contributed by atoms with Gasteiger partial charge < -0.3 is 19.2 Å². The molecule has 4 rings (SSSR count). The van der Waals surface area contributed by atoms with Crippen LogP contribution in [0.4, 0.5) is 5.69 Å². The molecule has 1 heterocycles. The van der Waals surface area contributed by atoms with E-state index >= 15 is 0 Å². The third-order valence-corrected chi connectivity index (χ3v) is 5.50. The molecule has 8 heteroatoms. The fourth-order valence-corrected chi connectivity index (χ4v) is 3.70. The Labute approximate surface area is 200 Å². The van der Waals surface area contributed by atoms with E-state index in [1.165, 1.54) is 6.07 Å². The lowest BCUT2D eigenvalue weighted by atomic mass is 10.1. The van der Waals surface area contributed by atoms with Crippen molar-refractivity contribution in [2.24, 2.45) is 0 Å². The number of hydrogen-bond acceptors (Lipinski definition) is 5. The molecule has 0 fully saturated rings. The molecule has 1 aromatic heterocycles. The summed E-state index contributed by atoms with van der Waals surface area (Å²) in [6.07, 6.45) is -0.915. The molecule has 1 unspecified atom stereocenters. The molecule has 33 heavy (non-hydrogen) atoms. The summed E-state index contributed by atoms with van der Waals surface area (Å²) in [6, 6.07) is 18.4. The highest BCUT2D eigenvalue weighted by molar-refractivity contribution is 6.35. The number of hydrogen-bond donors (Lipinski definition) is 1. The van der Waals surface area contributed by atoms with Crippen LogP contribution in [-0.2, 0) is 4.79 Å².